The minimum absolute atomic E-state index is 0.289. The van der Waals surface area contributed by atoms with Gasteiger partial charge in [-0.25, -0.2) is 0 Å². The van der Waals surface area contributed by atoms with E-state index in [1.165, 1.54) is 11.1 Å². The number of fused-ring (bicyclic) bond motifs is 1. The fourth-order valence-corrected chi connectivity index (χ4v) is 3.23. The number of aryl methyl sites for hydroxylation is 1. The SMILES string of the molecule is CN1CCN(Cc2ccc3c(c2)CC[C]C3C(N)=O)CC1. The third kappa shape index (κ3) is 3.27. The van der Waals surface area contributed by atoms with Crippen molar-refractivity contribution in [3.8, 4) is 0 Å². The molecule has 1 unspecified atom stereocenters. The van der Waals surface area contributed by atoms with Crippen molar-refractivity contribution >= 4 is 5.91 Å². The van der Waals surface area contributed by atoms with Gasteiger partial charge in [-0.05, 0) is 36.6 Å². The fourth-order valence-electron chi connectivity index (χ4n) is 3.23. The Labute approximate surface area is 126 Å². The van der Waals surface area contributed by atoms with Gasteiger partial charge in [0.25, 0.3) is 0 Å². The molecule has 1 aromatic carbocycles. The van der Waals surface area contributed by atoms with Crippen LogP contribution in [0.3, 0.4) is 0 Å². The summed E-state index contributed by atoms with van der Waals surface area (Å²) in [6.45, 7) is 5.52. The molecule has 0 bridgehead atoms. The van der Waals surface area contributed by atoms with Gasteiger partial charge in [-0.15, -0.1) is 0 Å². The number of likely N-dealkylation sites (N-methyl/N-ethyl adjacent to an activating group) is 1. The molecule has 1 amide bonds. The van der Waals surface area contributed by atoms with Gasteiger partial charge in [0.1, 0.15) is 0 Å². The standard InChI is InChI=1S/C17H23N3O/c1-19-7-9-20(10-8-19)12-13-5-6-15-14(11-13)3-2-4-16(15)17(18)21/h5-6,11,16H,2-3,7-10,12H2,1H3,(H2,18,21). The minimum atomic E-state index is -0.327. The first-order chi connectivity index (χ1) is 10.1. The molecule has 2 aliphatic rings. The highest BCUT2D eigenvalue weighted by Crippen LogP contribution is 2.31. The molecule has 1 heterocycles. The molecular formula is C17H23N3O. The molecule has 2 N–H and O–H groups in total. The number of carbonyl (C=O) groups excluding carboxylic acids is 1. The summed E-state index contributed by atoms with van der Waals surface area (Å²) in [5, 5.41) is 0. The highest BCUT2D eigenvalue weighted by molar-refractivity contribution is 5.84. The first kappa shape index (κ1) is 14.5. The number of piperazine rings is 1. The average molecular weight is 285 g/mol. The highest BCUT2D eigenvalue weighted by Gasteiger charge is 2.25. The van der Waals surface area contributed by atoms with E-state index in [-0.39, 0.29) is 11.8 Å². The molecule has 3 rings (SSSR count). The van der Waals surface area contributed by atoms with Gasteiger partial charge >= 0.3 is 0 Å². The van der Waals surface area contributed by atoms with Crippen LogP contribution < -0.4 is 5.73 Å². The van der Waals surface area contributed by atoms with E-state index in [1.807, 2.05) is 0 Å². The number of nitrogens with two attached hydrogens (primary N) is 1. The number of benzene rings is 1. The van der Waals surface area contributed by atoms with Gasteiger partial charge < -0.3 is 10.6 Å². The molecule has 1 saturated heterocycles. The van der Waals surface area contributed by atoms with Crippen molar-refractivity contribution in [3.05, 3.63) is 41.3 Å². The number of amides is 1. The van der Waals surface area contributed by atoms with E-state index in [1.54, 1.807) is 0 Å². The normalized spacial score (nSPS) is 23.8. The Balaban J connectivity index is 1.72. The number of hydrogen-bond acceptors (Lipinski definition) is 3. The van der Waals surface area contributed by atoms with Crippen LogP contribution in [0.15, 0.2) is 18.2 Å². The van der Waals surface area contributed by atoms with E-state index in [4.69, 9.17) is 5.73 Å². The predicted molar refractivity (Wildman–Crippen MR) is 82.7 cm³/mol. The van der Waals surface area contributed by atoms with Gasteiger partial charge in [-0.3, -0.25) is 9.69 Å². The second-order valence-electron chi connectivity index (χ2n) is 6.15. The van der Waals surface area contributed by atoms with Crippen LogP contribution in [0, 0.1) is 6.42 Å². The lowest BCUT2D eigenvalue weighted by molar-refractivity contribution is -0.118. The molecule has 0 aromatic heterocycles. The third-order valence-electron chi connectivity index (χ3n) is 4.55. The van der Waals surface area contributed by atoms with Gasteiger partial charge in [0, 0.05) is 39.1 Å². The quantitative estimate of drug-likeness (QED) is 0.902. The highest BCUT2D eigenvalue weighted by atomic mass is 16.1. The van der Waals surface area contributed by atoms with Gasteiger partial charge in [0.05, 0.1) is 5.92 Å². The Bertz CT molecular complexity index is 521. The third-order valence-corrected chi connectivity index (χ3v) is 4.55. The summed E-state index contributed by atoms with van der Waals surface area (Å²) >= 11 is 0. The maximum atomic E-state index is 11.5. The van der Waals surface area contributed by atoms with Crippen molar-refractivity contribution in [2.75, 3.05) is 33.2 Å². The van der Waals surface area contributed by atoms with Gasteiger partial charge in [0.15, 0.2) is 0 Å². The molecule has 1 aromatic rings. The Morgan fingerprint density at radius 1 is 1.33 bits per heavy atom. The number of hydrogen-bond donors (Lipinski definition) is 1. The monoisotopic (exact) mass is 285 g/mol. The van der Waals surface area contributed by atoms with Crippen molar-refractivity contribution in [1.29, 1.82) is 0 Å². The molecule has 1 fully saturated rings. The predicted octanol–water partition coefficient (Wildman–Crippen LogP) is 1.03. The van der Waals surface area contributed by atoms with E-state index in [2.05, 4.69) is 41.5 Å². The zero-order valence-electron chi connectivity index (χ0n) is 12.6. The summed E-state index contributed by atoms with van der Waals surface area (Å²) in [7, 11) is 2.17. The molecule has 1 aliphatic heterocycles. The minimum Gasteiger partial charge on any atom is -0.369 e. The Kier molecular flexibility index (Phi) is 4.27. The lowest BCUT2D eigenvalue weighted by Crippen LogP contribution is -2.43. The van der Waals surface area contributed by atoms with E-state index in [0.717, 1.165) is 51.1 Å². The smallest absolute Gasteiger partial charge is 0.225 e. The molecule has 0 saturated carbocycles. The first-order valence-electron chi connectivity index (χ1n) is 7.69. The van der Waals surface area contributed by atoms with Crippen molar-refractivity contribution in [1.82, 2.24) is 9.80 Å². The summed E-state index contributed by atoms with van der Waals surface area (Å²) < 4.78 is 0. The van der Waals surface area contributed by atoms with E-state index in [0.29, 0.717) is 0 Å². The zero-order chi connectivity index (χ0) is 14.8. The topological polar surface area (TPSA) is 49.6 Å². The lowest BCUT2D eigenvalue weighted by atomic mass is 9.81. The van der Waals surface area contributed by atoms with E-state index in [9.17, 15) is 4.79 Å². The molecule has 4 heteroatoms. The second-order valence-corrected chi connectivity index (χ2v) is 6.15. The van der Waals surface area contributed by atoms with Crippen LogP contribution >= 0.6 is 0 Å². The largest absolute Gasteiger partial charge is 0.369 e. The van der Waals surface area contributed by atoms with Crippen LogP contribution in [0.1, 0.15) is 29.0 Å². The van der Waals surface area contributed by atoms with Crippen LogP contribution in [-0.4, -0.2) is 48.9 Å². The molecule has 4 nitrogen and oxygen atoms in total. The molecule has 2 radical (unpaired) electrons. The summed E-state index contributed by atoms with van der Waals surface area (Å²) in [6, 6.07) is 6.47. The Morgan fingerprint density at radius 2 is 2.10 bits per heavy atom. The van der Waals surface area contributed by atoms with Gasteiger partial charge in [-0.2, -0.15) is 0 Å². The van der Waals surface area contributed by atoms with Crippen LogP contribution in [0.25, 0.3) is 0 Å². The summed E-state index contributed by atoms with van der Waals surface area (Å²) in [6.07, 6.45) is 4.98. The van der Waals surface area contributed by atoms with Crippen molar-refractivity contribution in [3.63, 3.8) is 0 Å². The fraction of sp³-hybridized carbons (Fsp3) is 0.529. The number of primary amides is 1. The van der Waals surface area contributed by atoms with Crippen molar-refractivity contribution in [2.24, 2.45) is 5.73 Å². The zero-order valence-corrected chi connectivity index (χ0v) is 12.6. The molecule has 1 aliphatic carbocycles. The maximum Gasteiger partial charge on any atom is 0.225 e. The first-order valence-corrected chi connectivity index (χ1v) is 7.69. The number of nitrogens with zero attached hydrogens (tertiary/aromatic N) is 2. The second kappa shape index (κ2) is 6.16. The van der Waals surface area contributed by atoms with Crippen LogP contribution in [0.4, 0.5) is 0 Å². The molecule has 21 heavy (non-hydrogen) atoms. The summed E-state index contributed by atoms with van der Waals surface area (Å²) in [5.74, 6) is -0.616. The van der Waals surface area contributed by atoms with Gasteiger partial charge in [0.2, 0.25) is 5.91 Å². The molecule has 112 valence electrons. The summed E-state index contributed by atoms with van der Waals surface area (Å²) in [4.78, 5) is 16.4. The summed E-state index contributed by atoms with van der Waals surface area (Å²) in [5.41, 5.74) is 9.12. The van der Waals surface area contributed by atoms with Crippen molar-refractivity contribution < 1.29 is 4.79 Å². The number of rotatable bonds is 3. The maximum absolute atomic E-state index is 11.5. The van der Waals surface area contributed by atoms with Crippen LogP contribution in [0.5, 0.6) is 0 Å². The lowest BCUT2D eigenvalue weighted by Gasteiger charge is -2.32. The number of carbonyl (C=O) groups is 1. The average Bonchev–Trinajstić information content (AvgIpc) is 2.48. The Morgan fingerprint density at radius 3 is 2.81 bits per heavy atom. The van der Waals surface area contributed by atoms with E-state index < -0.39 is 0 Å². The van der Waals surface area contributed by atoms with E-state index >= 15 is 0 Å². The molecule has 0 spiro atoms. The Hall–Kier alpha value is -1.39. The van der Waals surface area contributed by atoms with Crippen LogP contribution in [0.2, 0.25) is 0 Å². The molecule has 1 atom stereocenters. The van der Waals surface area contributed by atoms with Gasteiger partial charge in [-0.1, -0.05) is 18.2 Å². The van der Waals surface area contributed by atoms with Crippen LogP contribution in [-0.2, 0) is 17.8 Å². The van der Waals surface area contributed by atoms with Crippen molar-refractivity contribution in [2.45, 2.75) is 25.3 Å². The molecular weight excluding hydrogens is 262 g/mol.